The molecule has 0 amide bonds. The lowest BCUT2D eigenvalue weighted by molar-refractivity contribution is 0.103. The van der Waals surface area contributed by atoms with Gasteiger partial charge in [-0.2, -0.15) is 10.4 Å². The number of aryl methyl sites for hydroxylation is 1. The minimum Gasteiger partial charge on any atom is -0.394 e. The van der Waals surface area contributed by atoms with Gasteiger partial charge in [0.2, 0.25) is 5.78 Å². The van der Waals surface area contributed by atoms with E-state index in [1.54, 1.807) is 24.3 Å². The van der Waals surface area contributed by atoms with Crippen LogP contribution in [0, 0.1) is 18.3 Å². The molecule has 0 unspecified atom stereocenters. The van der Waals surface area contributed by atoms with E-state index in [2.05, 4.69) is 5.10 Å². The third kappa shape index (κ3) is 2.58. The second-order valence-electron chi connectivity index (χ2n) is 5.17. The number of nitrogens with two attached hydrogens (primary N) is 1. The molecular weight excluding hydrogens is 288 g/mol. The minimum atomic E-state index is -0.298. The molecule has 1 aromatic heterocycles. The first-order valence-electron chi connectivity index (χ1n) is 7.07. The van der Waals surface area contributed by atoms with E-state index in [-0.39, 0.29) is 22.9 Å². The van der Waals surface area contributed by atoms with Crippen molar-refractivity contribution in [3.63, 3.8) is 0 Å². The second kappa shape index (κ2) is 5.78. The summed E-state index contributed by atoms with van der Waals surface area (Å²) in [6.07, 6.45) is 0. The quantitative estimate of drug-likeness (QED) is 0.754. The summed E-state index contributed by atoms with van der Waals surface area (Å²) in [4.78, 5) is 12.6. The van der Waals surface area contributed by atoms with Crippen LogP contribution in [0.4, 0.5) is 5.69 Å². The van der Waals surface area contributed by atoms with Crippen molar-refractivity contribution in [2.75, 3.05) is 5.73 Å². The topological polar surface area (TPSA) is 84.7 Å². The summed E-state index contributed by atoms with van der Waals surface area (Å²) < 4.78 is 1.40. The Morgan fingerprint density at radius 3 is 2.39 bits per heavy atom. The van der Waals surface area contributed by atoms with E-state index < -0.39 is 0 Å². The Labute approximate surface area is 133 Å². The number of aromatic nitrogens is 2. The van der Waals surface area contributed by atoms with Crippen LogP contribution >= 0.6 is 0 Å². The summed E-state index contributed by atoms with van der Waals surface area (Å²) >= 11 is 0. The lowest BCUT2D eigenvalue weighted by Gasteiger charge is -2.01. The molecule has 0 saturated carbocycles. The van der Waals surface area contributed by atoms with Crippen molar-refractivity contribution in [2.24, 2.45) is 0 Å². The molecule has 0 aliphatic rings. The number of nitrogen functional groups attached to an aromatic ring is 1. The molecule has 0 bridgehead atoms. The van der Waals surface area contributed by atoms with Crippen LogP contribution in [0.25, 0.3) is 5.69 Å². The van der Waals surface area contributed by atoms with Gasteiger partial charge in [0.25, 0.3) is 0 Å². The molecule has 0 atom stereocenters. The number of ketones is 1. The lowest BCUT2D eigenvalue weighted by atomic mass is 10.1. The zero-order chi connectivity index (χ0) is 16.4. The van der Waals surface area contributed by atoms with Crippen molar-refractivity contribution < 1.29 is 4.79 Å². The Kier molecular flexibility index (Phi) is 3.65. The number of rotatable bonds is 3. The number of carbonyl (C=O) groups excluding carboxylic acids is 1. The standard InChI is InChI=1S/C18H14N4O/c1-12-7-9-13(10-8-12)18(23)17-16(20)15(11-19)22(21-17)14-5-3-2-4-6-14/h2-10H,20H2,1H3. The molecule has 0 radical (unpaired) electrons. The van der Waals surface area contributed by atoms with Crippen molar-refractivity contribution in [3.05, 3.63) is 77.1 Å². The molecule has 3 rings (SSSR count). The summed E-state index contributed by atoms with van der Waals surface area (Å²) in [5.74, 6) is -0.298. The van der Waals surface area contributed by atoms with Crippen molar-refractivity contribution in [2.45, 2.75) is 6.92 Å². The molecule has 23 heavy (non-hydrogen) atoms. The van der Waals surface area contributed by atoms with Crippen molar-refractivity contribution >= 4 is 11.5 Å². The number of benzene rings is 2. The van der Waals surface area contributed by atoms with E-state index in [1.807, 2.05) is 43.3 Å². The summed E-state index contributed by atoms with van der Waals surface area (Å²) in [5.41, 5.74) is 8.57. The zero-order valence-corrected chi connectivity index (χ0v) is 12.5. The third-order valence-electron chi connectivity index (χ3n) is 3.56. The molecule has 5 nitrogen and oxygen atoms in total. The van der Waals surface area contributed by atoms with Crippen LogP contribution < -0.4 is 5.73 Å². The molecule has 5 heteroatoms. The van der Waals surface area contributed by atoms with Crippen LogP contribution in [0.1, 0.15) is 27.3 Å². The maximum atomic E-state index is 12.6. The normalized spacial score (nSPS) is 10.3. The van der Waals surface area contributed by atoms with Crippen LogP contribution in [-0.2, 0) is 0 Å². The van der Waals surface area contributed by atoms with E-state index >= 15 is 0 Å². The first-order valence-corrected chi connectivity index (χ1v) is 7.07. The smallest absolute Gasteiger partial charge is 0.215 e. The number of hydrogen-bond donors (Lipinski definition) is 1. The van der Waals surface area contributed by atoms with Gasteiger partial charge in [0, 0.05) is 5.56 Å². The highest BCUT2D eigenvalue weighted by molar-refractivity contribution is 6.11. The minimum absolute atomic E-state index is 0.0919. The summed E-state index contributed by atoms with van der Waals surface area (Å²) in [6.45, 7) is 1.94. The molecule has 112 valence electrons. The first kappa shape index (κ1) is 14.5. The molecule has 0 saturated heterocycles. The number of anilines is 1. The number of para-hydroxylation sites is 1. The zero-order valence-electron chi connectivity index (χ0n) is 12.5. The van der Waals surface area contributed by atoms with Gasteiger partial charge in [-0.3, -0.25) is 4.79 Å². The summed E-state index contributed by atoms with van der Waals surface area (Å²) in [5, 5.41) is 13.6. The van der Waals surface area contributed by atoms with Gasteiger partial charge >= 0.3 is 0 Å². The molecule has 2 aromatic carbocycles. The molecule has 0 spiro atoms. The Balaban J connectivity index is 2.11. The Hall–Kier alpha value is -3.39. The number of carbonyl (C=O) groups is 1. The van der Waals surface area contributed by atoms with Crippen molar-refractivity contribution in [3.8, 4) is 11.8 Å². The van der Waals surface area contributed by atoms with Gasteiger partial charge in [0.05, 0.1) is 5.69 Å². The van der Waals surface area contributed by atoms with Gasteiger partial charge in [-0.05, 0) is 19.1 Å². The van der Waals surface area contributed by atoms with Crippen molar-refractivity contribution in [1.29, 1.82) is 5.26 Å². The Morgan fingerprint density at radius 1 is 1.13 bits per heavy atom. The largest absolute Gasteiger partial charge is 0.394 e. The predicted octanol–water partition coefficient (Wildman–Crippen LogP) is 2.87. The SMILES string of the molecule is Cc1ccc(C(=O)c2nn(-c3ccccc3)c(C#N)c2N)cc1. The van der Waals surface area contributed by atoms with E-state index in [1.165, 1.54) is 4.68 Å². The fourth-order valence-electron chi connectivity index (χ4n) is 2.30. The average molecular weight is 302 g/mol. The van der Waals surface area contributed by atoms with Crippen molar-refractivity contribution in [1.82, 2.24) is 9.78 Å². The first-order chi connectivity index (χ1) is 11.1. The van der Waals surface area contributed by atoms with Crippen LogP contribution in [-0.4, -0.2) is 15.6 Å². The Bertz CT molecular complexity index is 903. The average Bonchev–Trinajstić information content (AvgIpc) is 2.92. The van der Waals surface area contributed by atoms with Gasteiger partial charge < -0.3 is 5.73 Å². The summed E-state index contributed by atoms with van der Waals surface area (Å²) in [6, 6.07) is 18.3. The molecule has 1 heterocycles. The lowest BCUT2D eigenvalue weighted by Crippen LogP contribution is -2.06. The predicted molar refractivity (Wildman–Crippen MR) is 87.3 cm³/mol. The van der Waals surface area contributed by atoms with Crippen LogP contribution in [0.3, 0.4) is 0 Å². The second-order valence-corrected chi connectivity index (χ2v) is 5.17. The van der Waals surface area contributed by atoms with E-state index in [9.17, 15) is 10.1 Å². The maximum absolute atomic E-state index is 12.6. The molecule has 0 aliphatic carbocycles. The fraction of sp³-hybridized carbons (Fsp3) is 0.0556. The van der Waals surface area contributed by atoms with Gasteiger partial charge in [0.1, 0.15) is 11.8 Å². The highest BCUT2D eigenvalue weighted by Crippen LogP contribution is 2.23. The molecule has 0 aliphatic heterocycles. The highest BCUT2D eigenvalue weighted by atomic mass is 16.1. The summed E-state index contributed by atoms with van der Waals surface area (Å²) in [7, 11) is 0. The van der Waals surface area contributed by atoms with E-state index in [0.29, 0.717) is 11.3 Å². The molecule has 0 fully saturated rings. The number of hydrogen-bond acceptors (Lipinski definition) is 4. The number of nitrogens with zero attached hydrogens (tertiary/aromatic N) is 3. The van der Waals surface area contributed by atoms with Gasteiger partial charge in [0.15, 0.2) is 11.4 Å². The molecular formula is C18H14N4O. The number of nitriles is 1. The van der Waals surface area contributed by atoms with Gasteiger partial charge in [-0.15, -0.1) is 0 Å². The van der Waals surface area contributed by atoms with Gasteiger partial charge in [-0.1, -0.05) is 48.0 Å². The highest BCUT2D eigenvalue weighted by Gasteiger charge is 2.22. The fourth-order valence-corrected chi connectivity index (χ4v) is 2.30. The third-order valence-corrected chi connectivity index (χ3v) is 3.56. The van der Waals surface area contributed by atoms with Crippen LogP contribution in [0.2, 0.25) is 0 Å². The maximum Gasteiger partial charge on any atom is 0.215 e. The van der Waals surface area contributed by atoms with Gasteiger partial charge in [-0.25, -0.2) is 4.68 Å². The molecule has 2 N–H and O–H groups in total. The van der Waals surface area contributed by atoms with E-state index in [4.69, 9.17) is 5.73 Å². The molecule has 3 aromatic rings. The van der Waals surface area contributed by atoms with Crippen LogP contribution in [0.15, 0.2) is 54.6 Å². The monoisotopic (exact) mass is 302 g/mol. The van der Waals surface area contributed by atoms with Crippen LogP contribution in [0.5, 0.6) is 0 Å². The van der Waals surface area contributed by atoms with E-state index in [0.717, 1.165) is 5.56 Å². The Morgan fingerprint density at radius 2 is 1.78 bits per heavy atom.